The largest absolute Gasteiger partial charge is 0.472 e. The molecule has 0 rings (SSSR count). The van der Waals surface area contributed by atoms with E-state index < -0.39 is 26.5 Å². The van der Waals surface area contributed by atoms with Gasteiger partial charge in [-0.15, -0.1) is 0 Å². The van der Waals surface area contributed by atoms with E-state index in [9.17, 15) is 19.0 Å². The molecule has 0 radical (unpaired) electrons. The van der Waals surface area contributed by atoms with Gasteiger partial charge in [0, 0.05) is 19.4 Å². The fraction of sp³-hybridized carbons (Fsp3) is 0.974. The molecule has 2 unspecified atom stereocenters. The highest BCUT2D eigenvalue weighted by atomic mass is 31.2. The van der Waals surface area contributed by atoms with E-state index in [1.165, 1.54) is 392 Å². The third-order valence-corrected chi connectivity index (χ3v) is 19.7. The number of phosphoric ester groups is 1. The Morgan fingerprint density at radius 1 is 0.295 bits per heavy atom. The van der Waals surface area contributed by atoms with Crippen LogP contribution < -0.4 is 5.73 Å². The molecule has 0 aromatic rings. The molecule has 0 spiro atoms. The van der Waals surface area contributed by atoms with Gasteiger partial charge in [0.25, 0.3) is 0 Å². The fourth-order valence-corrected chi connectivity index (χ4v) is 13.6. The first-order chi connectivity index (χ1) is 43.3. The first-order valence-corrected chi connectivity index (χ1v) is 41.5. The molecule has 0 aromatic heterocycles. The zero-order valence-electron chi connectivity index (χ0n) is 59.5. The molecule has 0 heterocycles. The van der Waals surface area contributed by atoms with Gasteiger partial charge < -0.3 is 20.1 Å². The van der Waals surface area contributed by atoms with Crippen LogP contribution in [-0.4, -0.2) is 49.3 Å². The zero-order chi connectivity index (χ0) is 63.7. The van der Waals surface area contributed by atoms with E-state index in [0.29, 0.717) is 12.8 Å². The van der Waals surface area contributed by atoms with Gasteiger partial charge in [-0.25, -0.2) is 4.57 Å². The van der Waals surface area contributed by atoms with E-state index in [2.05, 4.69) is 13.8 Å². The van der Waals surface area contributed by atoms with Crippen molar-refractivity contribution in [3.63, 3.8) is 0 Å². The Bertz CT molecular complexity index is 1400. The van der Waals surface area contributed by atoms with Gasteiger partial charge in [-0.05, 0) is 12.8 Å². The summed E-state index contributed by atoms with van der Waals surface area (Å²) in [5.41, 5.74) is 5.41. The Morgan fingerprint density at radius 2 is 0.489 bits per heavy atom. The minimum absolute atomic E-state index is 0.0589. The van der Waals surface area contributed by atoms with Crippen LogP contribution in [-0.2, 0) is 32.7 Å². The lowest BCUT2D eigenvalue weighted by Gasteiger charge is -2.19. The Balaban J connectivity index is 3.69. The predicted molar refractivity (Wildman–Crippen MR) is 382 cm³/mol. The average Bonchev–Trinajstić information content (AvgIpc) is 3.52. The molecule has 526 valence electrons. The third kappa shape index (κ3) is 74.1. The lowest BCUT2D eigenvalue weighted by atomic mass is 10.0. The number of rotatable bonds is 78. The van der Waals surface area contributed by atoms with Crippen LogP contribution in [0.4, 0.5) is 0 Å². The lowest BCUT2D eigenvalue weighted by molar-refractivity contribution is -0.161. The van der Waals surface area contributed by atoms with Crippen LogP contribution in [0.2, 0.25) is 0 Å². The van der Waals surface area contributed by atoms with Crippen LogP contribution in [0.15, 0.2) is 0 Å². The normalized spacial score (nSPS) is 12.7. The summed E-state index contributed by atoms with van der Waals surface area (Å²) in [6, 6.07) is 0. The molecule has 0 saturated carbocycles. The fourth-order valence-electron chi connectivity index (χ4n) is 12.8. The zero-order valence-corrected chi connectivity index (χ0v) is 60.4. The van der Waals surface area contributed by atoms with Crippen molar-refractivity contribution < 1.29 is 37.6 Å². The highest BCUT2D eigenvalue weighted by Crippen LogP contribution is 2.43. The molecule has 0 amide bonds. The molecule has 0 aliphatic rings. The second-order valence-electron chi connectivity index (χ2n) is 27.7. The van der Waals surface area contributed by atoms with Gasteiger partial charge in [-0.3, -0.25) is 18.6 Å². The van der Waals surface area contributed by atoms with Crippen molar-refractivity contribution in [1.82, 2.24) is 0 Å². The van der Waals surface area contributed by atoms with Gasteiger partial charge in [-0.2, -0.15) is 0 Å². The summed E-state index contributed by atoms with van der Waals surface area (Å²) in [7, 11) is -4.39. The molecule has 2 atom stereocenters. The van der Waals surface area contributed by atoms with E-state index in [4.69, 9.17) is 24.3 Å². The van der Waals surface area contributed by atoms with Crippen LogP contribution in [0.5, 0.6) is 0 Å². The number of phosphoric acid groups is 1. The van der Waals surface area contributed by atoms with Crippen LogP contribution in [0, 0.1) is 0 Å². The van der Waals surface area contributed by atoms with E-state index in [-0.39, 0.29) is 32.1 Å². The van der Waals surface area contributed by atoms with Crippen molar-refractivity contribution in [1.29, 1.82) is 0 Å². The number of carbonyl (C=O) groups is 2. The molecular formula is C78H156NO8P. The molecule has 0 fully saturated rings. The summed E-state index contributed by atoms with van der Waals surface area (Å²) >= 11 is 0. The summed E-state index contributed by atoms with van der Waals surface area (Å²) in [6.07, 6.45) is 91.2. The molecule has 0 aliphatic carbocycles. The summed E-state index contributed by atoms with van der Waals surface area (Å²) in [5.74, 6) is -0.795. The number of hydrogen-bond acceptors (Lipinski definition) is 8. The topological polar surface area (TPSA) is 134 Å². The molecule has 0 saturated heterocycles. The molecule has 10 heteroatoms. The van der Waals surface area contributed by atoms with E-state index in [1.54, 1.807) is 0 Å². The summed E-state index contributed by atoms with van der Waals surface area (Å²) < 4.78 is 33.3. The maximum Gasteiger partial charge on any atom is 0.472 e. The number of unbranched alkanes of at least 4 members (excludes halogenated alkanes) is 65. The van der Waals surface area contributed by atoms with Crippen molar-refractivity contribution in [2.75, 3.05) is 26.4 Å². The number of ether oxygens (including phenoxy) is 2. The first kappa shape index (κ1) is 87.0. The Hall–Kier alpha value is -0.990. The van der Waals surface area contributed by atoms with Gasteiger partial charge in [0.1, 0.15) is 6.61 Å². The monoisotopic (exact) mass is 1270 g/mol. The molecule has 0 aromatic carbocycles. The highest BCUT2D eigenvalue weighted by Gasteiger charge is 2.26. The summed E-state index contributed by atoms with van der Waals surface area (Å²) in [4.78, 5) is 35.4. The van der Waals surface area contributed by atoms with E-state index in [0.717, 1.165) is 32.1 Å². The predicted octanol–water partition coefficient (Wildman–Crippen LogP) is 26.5. The standard InChI is InChI=1S/C78H156NO8P/c1-3-5-7-9-11-13-15-17-19-21-23-25-27-29-31-32-33-34-35-36-37-38-39-40-41-42-43-44-45-47-49-51-53-55-57-59-61-63-65-67-69-71-78(81)87-76(75-86-88(82,83)85-73-72-79)74-84-77(80)70-68-66-64-62-60-58-56-54-52-50-48-46-30-28-26-24-22-20-18-16-14-12-10-8-6-4-2/h76H,3-75,79H2,1-2H3,(H,82,83). The van der Waals surface area contributed by atoms with Crippen LogP contribution in [0.25, 0.3) is 0 Å². The molecule has 0 bridgehead atoms. The smallest absolute Gasteiger partial charge is 0.462 e. The Labute approximate surface area is 549 Å². The molecule has 3 N–H and O–H groups in total. The van der Waals surface area contributed by atoms with Crippen molar-refractivity contribution >= 4 is 19.8 Å². The summed E-state index contributed by atoms with van der Waals surface area (Å²) in [5, 5.41) is 0. The Kier molecular flexibility index (Phi) is 74.2. The van der Waals surface area contributed by atoms with Gasteiger partial charge in [0.2, 0.25) is 0 Å². The lowest BCUT2D eigenvalue weighted by Crippen LogP contribution is -2.29. The molecule has 9 nitrogen and oxygen atoms in total. The van der Waals surface area contributed by atoms with Crippen molar-refractivity contribution in [3.8, 4) is 0 Å². The van der Waals surface area contributed by atoms with E-state index in [1.807, 2.05) is 0 Å². The maximum atomic E-state index is 12.8. The molecular weight excluding hydrogens is 1110 g/mol. The van der Waals surface area contributed by atoms with Crippen molar-refractivity contribution in [3.05, 3.63) is 0 Å². The van der Waals surface area contributed by atoms with E-state index >= 15 is 0 Å². The number of esters is 2. The molecule has 0 aliphatic heterocycles. The number of nitrogens with two attached hydrogens (primary N) is 1. The molecule has 88 heavy (non-hydrogen) atoms. The first-order valence-electron chi connectivity index (χ1n) is 40.0. The summed E-state index contributed by atoms with van der Waals surface area (Å²) in [6.45, 7) is 3.86. The maximum absolute atomic E-state index is 12.8. The quantitative estimate of drug-likeness (QED) is 0.0347. The third-order valence-electron chi connectivity index (χ3n) is 18.7. The second kappa shape index (κ2) is 75.0. The van der Waals surface area contributed by atoms with Gasteiger partial charge in [-0.1, -0.05) is 431 Å². The Morgan fingerprint density at radius 3 is 0.693 bits per heavy atom. The minimum Gasteiger partial charge on any atom is -0.462 e. The van der Waals surface area contributed by atoms with Crippen LogP contribution in [0.1, 0.15) is 457 Å². The van der Waals surface area contributed by atoms with Gasteiger partial charge in [0.05, 0.1) is 13.2 Å². The van der Waals surface area contributed by atoms with Crippen LogP contribution in [0.3, 0.4) is 0 Å². The number of carbonyl (C=O) groups excluding carboxylic acids is 2. The van der Waals surface area contributed by atoms with Crippen molar-refractivity contribution in [2.45, 2.75) is 463 Å². The average molecular weight is 1270 g/mol. The highest BCUT2D eigenvalue weighted by molar-refractivity contribution is 7.47. The number of hydrogen-bond donors (Lipinski definition) is 2. The van der Waals surface area contributed by atoms with Crippen molar-refractivity contribution in [2.24, 2.45) is 5.73 Å². The minimum atomic E-state index is -4.39. The van der Waals surface area contributed by atoms with Crippen LogP contribution >= 0.6 is 7.82 Å². The van der Waals surface area contributed by atoms with Gasteiger partial charge in [0.15, 0.2) is 6.10 Å². The SMILES string of the molecule is CCCCCCCCCCCCCCCCCCCCCCCCCCCCCCCCCCCCCCCCCCCC(=O)OC(COC(=O)CCCCCCCCCCCCCCCCCCCCCCCCCCCC)COP(=O)(O)OCCN. The van der Waals surface area contributed by atoms with Gasteiger partial charge >= 0.3 is 19.8 Å². The second-order valence-corrected chi connectivity index (χ2v) is 29.1.